The van der Waals surface area contributed by atoms with Crippen molar-refractivity contribution < 1.29 is 13.2 Å². The first-order valence-electron chi connectivity index (χ1n) is 5.09. The van der Waals surface area contributed by atoms with Crippen LogP contribution in [0.15, 0.2) is 18.3 Å². The van der Waals surface area contributed by atoms with Crippen molar-refractivity contribution in [2.24, 2.45) is 0 Å². The molecule has 0 amide bonds. The van der Waals surface area contributed by atoms with Gasteiger partial charge in [0.05, 0.1) is 0 Å². The summed E-state index contributed by atoms with van der Waals surface area (Å²) in [6.45, 7) is 1.82. The fourth-order valence-electron chi connectivity index (χ4n) is 1.57. The standard InChI is InChI=1S/C11H15F3N2/c1-8-7-9(4-6-16-8)10(15-2)3-5-11(12,13)14/h4,6-7,10,15H,3,5H2,1-2H3. The summed E-state index contributed by atoms with van der Waals surface area (Å²) in [4.78, 5) is 4.02. The van der Waals surface area contributed by atoms with E-state index in [9.17, 15) is 13.2 Å². The predicted molar refractivity (Wildman–Crippen MR) is 56.1 cm³/mol. The van der Waals surface area contributed by atoms with Crippen LogP contribution in [0.25, 0.3) is 0 Å². The highest BCUT2D eigenvalue weighted by molar-refractivity contribution is 5.19. The quantitative estimate of drug-likeness (QED) is 0.863. The maximum atomic E-state index is 12.1. The van der Waals surface area contributed by atoms with Gasteiger partial charge in [-0.15, -0.1) is 0 Å². The molecule has 0 aliphatic rings. The number of alkyl halides is 3. The molecule has 0 aliphatic carbocycles. The molecule has 1 N–H and O–H groups in total. The number of pyridine rings is 1. The summed E-state index contributed by atoms with van der Waals surface area (Å²) in [5.74, 6) is 0. The minimum atomic E-state index is -4.10. The second kappa shape index (κ2) is 5.30. The molecule has 5 heteroatoms. The zero-order valence-electron chi connectivity index (χ0n) is 9.30. The summed E-state index contributed by atoms with van der Waals surface area (Å²) in [7, 11) is 1.66. The van der Waals surface area contributed by atoms with E-state index in [1.807, 2.05) is 6.92 Å². The monoisotopic (exact) mass is 232 g/mol. The molecule has 1 atom stereocenters. The third kappa shape index (κ3) is 4.18. The van der Waals surface area contributed by atoms with Gasteiger partial charge < -0.3 is 5.32 Å². The molecule has 1 rings (SSSR count). The molecular weight excluding hydrogens is 217 g/mol. The third-order valence-electron chi connectivity index (χ3n) is 2.39. The van der Waals surface area contributed by atoms with E-state index in [0.717, 1.165) is 11.3 Å². The van der Waals surface area contributed by atoms with Gasteiger partial charge in [0.25, 0.3) is 0 Å². The first kappa shape index (κ1) is 13.0. The van der Waals surface area contributed by atoms with Gasteiger partial charge in [-0.1, -0.05) is 0 Å². The zero-order valence-corrected chi connectivity index (χ0v) is 9.30. The van der Waals surface area contributed by atoms with Gasteiger partial charge in [0.15, 0.2) is 0 Å². The van der Waals surface area contributed by atoms with Crippen LogP contribution in [0.4, 0.5) is 13.2 Å². The summed E-state index contributed by atoms with van der Waals surface area (Å²) >= 11 is 0. The van der Waals surface area contributed by atoms with Crippen LogP contribution in [0, 0.1) is 6.92 Å². The fourth-order valence-corrected chi connectivity index (χ4v) is 1.57. The van der Waals surface area contributed by atoms with Crippen LogP contribution in [0.5, 0.6) is 0 Å². The van der Waals surface area contributed by atoms with E-state index in [2.05, 4.69) is 10.3 Å². The molecule has 2 nitrogen and oxygen atoms in total. The zero-order chi connectivity index (χ0) is 12.2. The van der Waals surface area contributed by atoms with Crippen LogP contribution in [0.3, 0.4) is 0 Å². The van der Waals surface area contributed by atoms with Gasteiger partial charge in [-0.25, -0.2) is 0 Å². The lowest BCUT2D eigenvalue weighted by Gasteiger charge is -2.17. The molecule has 1 aromatic rings. The number of nitrogens with zero attached hydrogens (tertiary/aromatic N) is 1. The Morgan fingerprint density at radius 3 is 2.62 bits per heavy atom. The first-order chi connectivity index (χ1) is 7.42. The molecule has 0 spiro atoms. The average molecular weight is 232 g/mol. The third-order valence-corrected chi connectivity index (χ3v) is 2.39. The van der Waals surface area contributed by atoms with Crippen molar-refractivity contribution >= 4 is 0 Å². The van der Waals surface area contributed by atoms with Crippen LogP contribution in [-0.4, -0.2) is 18.2 Å². The Morgan fingerprint density at radius 1 is 1.44 bits per heavy atom. The van der Waals surface area contributed by atoms with Gasteiger partial charge in [-0.05, 0) is 38.1 Å². The molecule has 1 unspecified atom stereocenters. The number of hydrogen-bond donors (Lipinski definition) is 1. The second-order valence-corrected chi connectivity index (χ2v) is 3.73. The number of halogens is 3. The second-order valence-electron chi connectivity index (χ2n) is 3.73. The van der Waals surface area contributed by atoms with Crippen molar-refractivity contribution in [3.05, 3.63) is 29.6 Å². The van der Waals surface area contributed by atoms with E-state index in [1.165, 1.54) is 0 Å². The van der Waals surface area contributed by atoms with E-state index < -0.39 is 12.6 Å². The lowest BCUT2D eigenvalue weighted by atomic mass is 10.0. The average Bonchev–Trinajstić information content (AvgIpc) is 2.17. The molecule has 0 aliphatic heterocycles. The molecule has 0 aromatic carbocycles. The van der Waals surface area contributed by atoms with Crippen molar-refractivity contribution in [1.82, 2.24) is 10.3 Å². The summed E-state index contributed by atoms with van der Waals surface area (Å²) < 4.78 is 36.3. The topological polar surface area (TPSA) is 24.9 Å². The fraction of sp³-hybridized carbons (Fsp3) is 0.545. The highest BCUT2D eigenvalue weighted by Gasteiger charge is 2.28. The Bertz CT molecular complexity index is 336. The van der Waals surface area contributed by atoms with Gasteiger partial charge in [0.1, 0.15) is 0 Å². The molecule has 0 saturated heterocycles. The molecular formula is C11H15F3N2. The minimum absolute atomic E-state index is 0.0451. The van der Waals surface area contributed by atoms with Crippen LogP contribution >= 0.6 is 0 Å². The van der Waals surface area contributed by atoms with Crippen molar-refractivity contribution in [3.8, 4) is 0 Å². The Kier molecular flexibility index (Phi) is 4.29. The number of aromatic nitrogens is 1. The molecule has 0 radical (unpaired) electrons. The molecule has 0 bridgehead atoms. The van der Waals surface area contributed by atoms with E-state index in [0.29, 0.717) is 0 Å². The summed E-state index contributed by atoms with van der Waals surface area (Å²) in [6.07, 6.45) is -3.22. The van der Waals surface area contributed by atoms with Gasteiger partial charge in [0, 0.05) is 24.4 Å². The molecule has 16 heavy (non-hydrogen) atoms. The molecule has 0 saturated carbocycles. The summed E-state index contributed by atoms with van der Waals surface area (Å²) in [5.41, 5.74) is 1.66. The number of nitrogens with one attached hydrogen (secondary N) is 1. The van der Waals surface area contributed by atoms with Crippen molar-refractivity contribution in [2.45, 2.75) is 32.0 Å². The highest BCUT2D eigenvalue weighted by atomic mass is 19.4. The van der Waals surface area contributed by atoms with Crippen LogP contribution in [-0.2, 0) is 0 Å². The highest BCUT2D eigenvalue weighted by Crippen LogP contribution is 2.27. The maximum absolute atomic E-state index is 12.1. The molecule has 1 aromatic heterocycles. The van der Waals surface area contributed by atoms with Crippen molar-refractivity contribution in [1.29, 1.82) is 0 Å². The van der Waals surface area contributed by atoms with Gasteiger partial charge >= 0.3 is 6.18 Å². The number of aryl methyl sites for hydroxylation is 1. The first-order valence-corrected chi connectivity index (χ1v) is 5.09. The van der Waals surface area contributed by atoms with Crippen LogP contribution in [0.2, 0.25) is 0 Å². The van der Waals surface area contributed by atoms with Gasteiger partial charge in [-0.3, -0.25) is 4.98 Å². The Hall–Kier alpha value is -1.10. The van der Waals surface area contributed by atoms with E-state index in [4.69, 9.17) is 0 Å². The largest absolute Gasteiger partial charge is 0.389 e. The number of rotatable bonds is 4. The molecule has 0 fully saturated rings. The van der Waals surface area contributed by atoms with Crippen LogP contribution in [0.1, 0.15) is 30.1 Å². The summed E-state index contributed by atoms with van der Waals surface area (Å²) in [5, 5.41) is 2.89. The smallest absolute Gasteiger partial charge is 0.313 e. The predicted octanol–water partition coefficient (Wildman–Crippen LogP) is 2.99. The normalized spacial score (nSPS) is 13.8. The maximum Gasteiger partial charge on any atom is 0.389 e. The lowest BCUT2D eigenvalue weighted by Crippen LogP contribution is -2.19. The van der Waals surface area contributed by atoms with Crippen molar-refractivity contribution in [2.75, 3.05) is 7.05 Å². The summed E-state index contributed by atoms with van der Waals surface area (Å²) in [6, 6.07) is 3.27. The van der Waals surface area contributed by atoms with Gasteiger partial charge in [-0.2, -0.15) is 13.2 Å². The minimum Gasteiger partial charge on any atom is -0.313 e. The number of hydrogen-bond acceptors (Lipinski definition) is 2. The Labute approximate surface area is 92.9 Å². The lowest BCUT2D eigenvalue weighted by molar-refractivity contribution is -0.136. The van der Waals surface area contributed by atoms with Crippen LogP contribution < -0.4 is 5.32 Å². The molecule has 1 heterocycles. The van der Waals surface area contributed by atoms with E-state index >= 15 is 0 Å². The van der Waals surface area contributed by atoms with E-state index in [1.54, 1.807) is 25.4 Å². The molecule has 90 valence electrons. The SMILES string of the molecule is CNC(CCC(F)(F)F)c1ccnc(C)c1. The van der Waals surface area contributed by atoms with Crippen molar-refractivity contribution in [3.63, 3.8) is 0 Å². The van der Waals surface area contributed by atoms with E-state index in [-0.39, 0.29) is 12.5 Å². The Balaban J connectivity index is 2.68. The Morgan fingerprint density at radius 2 is 2.12 bits per heavy atom. The van der Waals surface area contributed by atoms with Gasteiger partial charge in [0.2, 0.25) is 0 Å².